The van der Waals surface area contributed by atoms with Crippen molar-refractivity contribution in [2.45, 2.75) is 38.8 Å². The maximum Gasteiger partial charge on any atom is 0.317 e. The van der Waals surface area contributed by atoms with Crippen molar-refractivity contribution in [2.75, 3.05) is 26.8 Å². The van der Waals surface area contributed by atoms with Gasteiger partial charge in [0.1, 0.15) is 11.4 Å². The van der Waals surface area contributed by atoms with E-state index in [1.165, 1.54) is 0 Å². The number of hydrogen-bond donors (Lipinski definition) is 1. The number of carbonyl (C=O) groups is 1. The average molecular weight is 372 g/mol. The van der Waals surface area contributed by atoms with E-state index in [-0.39, 0.29) is 12.1 Å². The van der Waals surface area contributed by atoms with E-state index in [4.69, 9.17) is 9.47 Å². The summed E-state index contributed by atoms with van der Waals surface area (Å²) in [7, 11) is 1.64. The number of likely N-dealkylation sites (tertiary alicyclic amines) is 1. The first-order valence-corrected chi connectivity index (χ1v) is 9.52. The van der Waals surface area contributed by atoms with Crippen LogP contribution in [0.4, 0.5) is 4.79 Å². The lowest BCUT2D eigenvalue weighted by Gasteiger charge is -2.32. The normalized spacial score (nSPS) is 17.0. The van der Waals surface area contributed by atoms with Gasteiger partial charge in [0.2, 0.25) is 0 Å². The second kappa shape index (κ2) is 9.41. The number of methoxy groups -OCH3 is 1. The van der Waals surface area contributed by atoms with Crippen molar-refractivity contribution in [1.29, 1.82) is 0 Å². The summed E-state index contributed by atoms with van der Waals surface area (Å²) >= 11 is 0. The molecule has 3 rings (SSSR count). The number of hydrogen-bond acceptors (Lipinski definition) is 4. The number of rotatable bonds is 7. The summed E-state index contributed by atoms with van der Waals surface area (Å²) in [6.07, 6.45) is 6.82. The number of amides is 2. The average Bonchev–Trinajstić information content (AvgIpc) is 3.19. The minimum absolute atomic E-state index is 0.0511. The molecule has 1 aliphatic heterocycles. The van der Waals surface area contributed by atoms with Crippen molar-refractivity contribution >= 4 is 6.03 Å². The van der Waals surface area contributed by atoms with Gasteiger partial charge < -0.3 is 19.7 Å². The Labute approximate surface area is 160 Å². The summed E-state index contributed by atoms with van der Waals surface area (Å²) in [4.78, 5) is 14.3. The molecule has 2 heterocycles. The van der Waals surface area contributed by atoms with Gasteiger partial charge in [-0.2, -0.15) is 5.10 Å². The Morgan fingerprint density at radius 1 is 1.37 bits per heavy atom. The molecule has 7 heteroatoms. The van der Waals surface area contributed by atoms with E-state index in [9.17, 15) is 4.79 Å². The van der Waals surface area contributed by atoms with Crippen LogP contribution >= 0.6 is 0 Å². The number of nitrogens with zero attached hydrogens (tertiary/aromatic N) is 3. The molecular formula is C20H28N4O3. The van der Waals surface area contributed by atoms with Crippen LogP contribution in [0.1, 0.15) is 31.7 Å². The summed E-state index contributed by atoms with van der Waals surface area (Å²) < 4.78 is 12.9. The van der Waals surface area contributed by atoms with Gasteiger partial charge in [-0.15, -0.1) is 0 Å². The van der Waals surface area contributed by atoms with Crippen LogP contribution in [0.5, 0.6) is 5.75 Å². The first kappa shape index (κ1) is 19.2. The molecule has 0 spiro atoms. The predicted octanol–water partition coefficient (Wildman–Crippen LogP) is 2.98. The minimum atomic E-state index is -0.0511. The molecule has 1 aromatic carbocycles. The second-order valence-electron chi connectivity index (χ2n) is 6.70. The molecule has 0 radical (unpaired) electrons. The van der Waals surface area contributed by atoms with Crippen LogP contribution in [0.3, 0.4) is 0 Å². The maximum atomic E-state index is 12.5. The van der Waals surface area contributed by atoms with Crippen molar-refractivity contribution in [3.05, 3.63) is 42.2 Å². The quantitative estimate of drug-likeness (QED) is 0.811. The molecular weight excluding hydrogens is 344 g/mol. The van der Waals surface area contributed by atoms with E-state index in [0.29, 0.717) is 13.1 Å². The van der Waals surface area contributed by atoms with Crippen LogP contribution < -0.4 is 10.1 Å². The summed E-state index contributed by atoms with van der Waals surface area (Å²) in [6, 6.07) is 7.65. The number of urea groups is 1. The zero-order chi connectivity index (χ0) is 19.1. The van der Waals surface area contributed by atoms with Gasteiger partial charge >= 0.3 is 6.03 Å². The van der Waals surface area contributed by atoms with Crippen LogP contribution in [-0.2, 0) is 11.3 Å². The third-order valence-electron chi connectivity index (χ3n) is 4.63. The lowest BCUT2D eigenvalue weighted by Crippen LogP contribution is -2.47. The van der Waals surface area contributed by atoms with Crippen molar-refractivity contribution in [3.63, 3.8) is 0 Å². The monoisotopic (exact) mass is 372 g/mol. The fourth-order valence-corrected chi connectivity index (χ4v) is 3.23. The Kier molecular flexibility index (Phi) is 6.70. The van der Waals surface area contributed by atoms with Crippen LogP contribution in [0.25, 0.3) is 5.69 Å². The van der Waals surface area contributed by atoms with Gasteiger partial charge in [-0.1, -0.05) is 19.1 Å². The molecule has 1 aliphatic rings. The number of carbonyl (C=O) groups excluding carboxylic acids is 1. The maximum absolute atomic E-state index is 12.5. The van der Waals surface area contributed by atoms with Gasteiger partial charge in [-0.25, -0.2) is 9.48 Å². The summed E-state index contributed by atoms with van der Waals surface area (Å²) in [5.41, 5.74) is 1.80. The first-order valence-electron chi connectivity index (χ1n) is 9.52. The SMILES string of the molecule is CCCO[C@@H]1CCCN(C(=O)NCc2cnn(-c3ccccc3OC)c2)C1. The predicted molar refractivity (Wildman–Crippen MR) is 103 cm³/mol. The van der Waals surface area contributed by atoms with Gasteiger partial charge in [0.15, 0.2) is 0 Å². The molecule has 1 N–H and O–H groups in total. The van der Waals surface area contributed by atoms with Gasteiger partial charge in [-0.05, 0) is 31.4 Å². The molecule has 27 heavy (non-hydrogen) atoms. The molecule has 0 unspecified atom stereocenters. The van der Waals surface area contributed by atoms with Crippen LogP contribution in [0.2, 0.25) is 0 Å². The van der Waals surface area contributed by atoms with Crippen molar-refractivity contribution < 1.29 is 14.3 Å². The standard InChI is InChI=1S/C20H28N4O3/c1-3-11-27-17-7-6-10-23(15-17)20(25)21-12-16-13-22-24(14-16)18-8-4-5-9-19(18)26-2/h4-5,8-9,13-14,17H,3,6-7,10-12,15H2,1-2H3,(H,21,25)/t17-/m1/s1. The molecule has 146 valence electrons. The third kappa shape index (κ3) is 5.01. The molecule has 1 aromatic heterocycles. The Balaban J connectivity index is 1.54. The first-order chi connectivity index (χ1) is 13.2. The highest BCUT2D eigenvalue weighted by Crippen LogP contribution is 2.21. The largest absolute Gasteiger partial charge is 0.494 e. The van der Waals surface area contributed by atoms with E-state index < -0.39 is 0 Å². The van der Waals surface area contributed by atoms with Gasteiger partial charge in [-0.3, -0.25) is 0 Å². The van der Waals surface area contributed by atoms with Gasteiger partial charge in [0.05, 0.1) is 19.4 Å². The molecule has 0 bridgehead atoms. The molecule has 1 fully saturated rings. The van der Waals surface area contributed by atoms with Crippen molar-refractivity contribution in [2.24, 2.45) is 0 Å². The molecule has 7 nitrogen and oxygen atoms in total. The Bertz CT molecular complexity index is 746. The van der Waals surface area contributed by atoms with E-state index >= 15 is 0 Å². The summed E-state index contributed by atoms with van der Waals surface area (Å²) in [5.74, 6) is 0.752. The van der Waals surface area contributed by atoms with Crippen LogP contribution in [-0.4, -0.2) is 53.6 Å². The highest BCUT2D eigenvalue weighted by atomic mass is 16.5. The molecule has 1 atom stereocenters. The number of ether oxygens (including phenoxy) is 2. The number of benzene rings is 1. The van der Waals surface area contributed by atoms with Gasteiger partial charge in [0, 0.05) is 38.0 Å². The topological polar surface area (TPSA) is 68.6 Å². The molecule has 0 aliphatic carbocycles. The summed E-state index contributed by atoms with van der Waals surface area (Å²) in [5, 5.41) is 7.37. The summed E-state index contributed by atoms with van der Waals surface area (Å²) in [6.45, 7) is 4.72. The van der Waals surface area contributed by atoms with Gasteiger partial charge in [0.25, 0.3) is 0 Å². The van der Waals surface area contributed by atoms with Crippen LogP contribution in [0.15, 0.2) is 36.7 Å². The van der Waals surface area contributed by atoms with Crippen molar-refractivity contribution in [1.82, 2.24) is 20.0 Å². The van der Waals surface area contributed by atoms with E-state index in [0.717, 1.165) is 49.4 Å². The minimum Gasteiger partial charge on any atom is -0.494 e. The van der Waals surface area contributed by atoms with Crippen molar-refractivity contribution in [3.8, 4) is 11.4 Å². The Hall–Kier alpha value is -2.54. The fourth-order valence-electron chi connectivity index (χ4n) is 3.23. The molecule has 1 saturated heterocycles. The van der Waals surface area contributed by atoms with E-state index in [1.54, 1.807) is 18.0 Å². The highest BCUT2D eigenvalue weighted by molar-refractivity contribution is 5.74. The molecule has 0 saturated carbocycles. The second-order valence-corrected chi connectivity index (χ2v) is 6.70. The van der Waals surface area contributed by atoms with E-state index in [1.807, 2.05) is 35.4 Å². The zero-order valence-corrected chi connectivity index (χ0v) is 16.1. The Morgan fingerprint density at radius 2 is 2.22 bits per heavy atom. The molecule has 2 aromatic rings. The number of piperidine rings is 1. The number of nitrogens with one attached hydrogen (secondary N) is 1. The zero-order valence-electron chi connectivity index (χ0n) is 16.1. The Morgan fingerprint density at radius 3 is 3.04 bits per heavy atom. The number of aromatic nitrogens is 2. The smallest absolute Gasteiger partial charge is 0.317 e. The lowest BCUT2D eigenvalue weighted by atomic mass is 10.1. The van der Waals surface area contributed by atoms with Crippen LogP contribution in [0, 0.1) is 0 Å². The van der Waals surface area contributed by atoms with E-state index in [2.05, 4.69) is 17.3 Å². The third-order valence-corrected chi connectivity index (χ3v) is 4.63. The highest BCUT2D eigenvalue weighted by Gasteiger charge is 2.23. The fraction of sp³-hybridized carbons (Fsp3) is 0.500. The number of para-hydroxylation sites is 2. The lowest BCUT2D eigenvalue weighted by molar-refractivity contribution is 0.0100. The molecule has 2 amide bonds.